The zero-order valence-corrected chi connectivity index (χ0v) is 21.4. The molecule has 6 rings (SSSR count). The van der Waals surface area contributed by atoms with Crippen molar-refractivity contribution in [2.75, 3.05) is 36.5 Å². The third-order valence-corrected chi connectivity index (χ3v) is 8.45. The number of halogens is 1. The van der Waals surface area contributed by atoms with Crippen molar-refractivity contribution in [3.63, 3.8) is 0 Å². The molecule has 10 heteroatoms. The second-order valence-electron chi connectivity index (χ2n) is 9.60. The quantitative estimate of drug-likeness (QED) is 0.518. The monoisotopic (exact) mass is 540 g/mol. The van der Waals surface area contributed by atoms with Gasteiger partial charge in [0, 0.05) is 43.6 Å². The lowest BCUT2D eigenvalue weighted by atomic mass is 10.0. The van der Waals surface area contributed by atoms with Gasteiger partial charge in [0.25, 0.3) is 5.56 Å². The summed E-state index contributed by atoms with van der Waals surface area (Å²) in [6.45, 7) is 5.04. The predicted octanol–water partition coefficient (Wildman–Crippen LogP) is 4.46. The van der Waals surface area contributed by atoms with Gasteiger partial charge in [-0.15, -0.1) is 0 Å². The van der Waals surface area contributed by atoms with Gasteiger partial charge in [0.1, 0.15) is 11.5 Å². The molecule has 0 radical (unpaired) electrons. The Kier molecular flexibility index (Phi) is 5.98. The van der Waals surface area contributed by atoms with Crippen LogP contribution in [0.1, 0.15) is 50.1 Å². The van der Waals surface area contributed by atoms with Gasteiger partial charge < -0.3 is 19.7 Å². The van der Waals surface area contributed by atoms with Gasteiger partial charge in [-0.05, 0) is 53.4 Å². The smallest absolute Gasteiger partial charge is 0.267 e. The highest BCUT2D eigenvalue weighted by atomic mass is 79.9. The van der Waals surface area contributed by atoms with Gasteiger partial charge in [-0.1, -0.05) is 12.8 Å². The molecule has 1 saturated carbocycles. The van der Waals surface area contributed by atoms with Crippen LogP contribution in [0.15, 0.2) is 33.8 Å². The van der Waals surface area contributed by atoms with E-state index in [1.807, 2.05) is 23.8 Å². The third-order valence-electron chi connectivity index (χ3n) is 7.52. The van der Waals surface area contributed by atoms with Gasteiger partial charge in [-0.25, -0.2) is 9.97 Å². The molecule has 1 spiro atoms. The summed E-state index contributed by atoms with van der Waals surface area (Å²) < 4.78 is 14.1. The van der Waals surface area contributed by atoms with E-state index in [4.69, 9.17) is 14.5 Å². The van der Waals surface area contributed by atoms with Crippen LogP contribution in [0.5, 0.6) is 0 Å². The Labute approximate surface area is 212 Å². The van der Waals surface area contributed by atoms with E-state index < -0.39 is 0 Å². The van der Waals surface area contributed by atoms with Crippen LogP contribution >= 0.6 is 15.9 Å². The van der Waals surface area contributed by atoms with E-state index in [2.05, 4.69) is 42.2 Å². The summed E-state index contributed by atoms with van der Waals surface area (Å²) in [6.07, 6.45) is 9.63. The van der Waals surface area contributed by atoms with Crippen LogP contribution in [0.2, 0.25) is 0 Å². The summed E-state index contributed by atoms with van der Waals surface area (Å²) in [6, 6.07) is 4.17. The van der Waals surface area contributed by atoms with Crippen LogP contribution in [0.4, 0.5) is 17.5 Å². The van der Waals surface area contributed by atoms with Gasteiger partial charge >= 0.3 is 0 Å². The average molecular weight is 541 g/mol. The molecule has 1 N–H and O–H groups in total. The molecule has 0 atom stereocenters. The molecule has 2 aliphatic heterocycles. The predicted molar refractivity (Wildman–Crippen MR) is 137 cm³/mol. The van der Waals surface area contributed by atoms with E-state index in [1.54, 1.807) is 6.20 Å². The molecule has 0 bridgehead atoms. The lowest BCUT2D eigenvalue weighted by molar-refractivity contribution is -0.169. The molecule has 9 nitrogen and oxygen atoms in total. The van der Waals surface area contributed by atoms with Gasteiger partial charge in [0.15, 0.2) is 5.79 Å². The summed E-state index contributed by atoms with van der Waals surface area (Å²) in [5.74, 6) is 0.709. The van der Waals surface area contributed by atoms with Crippen LogP contribution in [0.3, 0.4) is 0 Å². The maximum Gasteiger partial charge on any atom is 0.267 e. The Morgan fingerprint density at radius 3 is 2.51 bits per heavy atom. The van der Waals surface area contributed by atoms with Crippen molar-refractivity contribution in [1.29, 1.82) is 0 Å². The molecule has 3 fully saturated rings. The largest absolute Gasteiger partial charge is 0.370 e. The molecular formula is C25H29BrN6O3. The lowest BCUT2D eigenvalue weighted by Gasteiger charge is -2.38. The number of aryl methyl sites for hydroxylation is 1. The maximum absolute atomic E-state index is 13.1. The number of hydrogen-bond donors (Lipinski definition) is 1. The van der Waals surface area contributed by atoms with Gasteiger partial charge in [-0.2, -0.15) is 4.98 Å². The molecule has 3 aromatic rings. The second kappa shape index (κ2) is 9.15. The zero-order valence-electron chi connectivity index (χ0n) is 19.8. The molecule has 0 unspecified atom stereocenters. The van der Waals surface area contributed by atoms with E-state index in [-0.39, 0.29) is 17.4 Å². The van der Waals surface area contributed by atoms with Crippen LogP contribution < -0.4 is 15.8 Å². The van der Waals surface area contributed by atoms with Gasteiger partial charge in [-0.3, -0.25) is 9.36 Å². The molecular weight excluding hydrogens is 512 g/mol. The fourth-order valence-electron chi connectivity index (χ4n) is 5.52. The first-order valence-corrected chi connectivity index (χ1v) is 13.2. The Morgan fingerprint density at radius 1 is 1.09 bits per heavy atom. The number of ether oxygens (including phenoxy) is 2. The van der Waals surface area contributed by atoms with E-state index in [0.29, 0.717) is 35.1 Å². The maximum atomic E-state index is 13.1. The Bertz CT molecular complexity index is 1290. The first kappa shape index (κ1) is 22.9. The second-order valence-corrected chi connectivity index (χ2v) is 10.4. The number of hydrogen-bond acceptors (Lipinski definition) is 8. The number of nitrogens with zero attached hydrogens (tertiary/aromatic N) is 5. The number of piperidine rings is 1. The van der Waals surface area contributed by atoms with Crippen LogP contribution in [-0.2, 0) is 9.47 Å². The van der Waals surface area contributed by atoms with Crippen molar-refractivity contribution in [1.82, 2.24) is 19.5 Å². The van der Waals surface area contributed by atoms with E-state index >= 15 is 0 Å². The number of fused-ring (bicyclic) bond motifs is 1. The highest BCUT2D eigenvalue weighted by Gasteiger charge is 2.39. The van der Waals surface area contributed by atoms with E-state index in [0.717, 1.165) is 68.3 Å². The lowest BCUT2D eigenvalue weighted by Crippen LogP contribution is -2.45. The molecule has 0 amide bonds. The first-order chi connectivity index (χ1) is 17.0. The van der Waals surface area contributed by atoms with Crippen molar-refractivity contribution in [3.05, 3.63) is 44.9 Å². The zero-order chi connectivity index (χ0) is 24.0. The van der Waals surface area contributed by atoms with Crippen LogP contribution in [0, 0.1) is 6.92 Å². The Balaban J connectivity index is 1.23. The molecule has 184 valence electrons. The Hall–Kier alpha value is -2.56. The molecule has 2 saturated heterocycles. The van der Waals surface area contributed by atoms with Crippen molar-refractivity contribution in [2.45, 2.75) is 57.3 Å². The normalized spacial score (nSPS) is 20.2. The Morgan fingerprint density at radius 2 is 1.83 bits per heavy atom. The fraction of sp³-hybridized carbons (Fsp3) is 0.520. The molecule has 1 aliphatic carbocycles. The SMILES string of the molecule is Cc1c(Br)c(=O)n(C2CCCC2)c2nc(Nc3ccc(N4CCC5(CC4)OCCO5)cn3)ncc12. The minimum atomic E-state index is -0.383. The van der Waals surface area contributed by atoms with E-state index in [9.17, 15) is 4.79 Å². The summed E-state index contributed by atoms with van der Waals surface area (Å²) in [4.78, 5) is 29.3. The molecule has 3 aliphatic rings. The molecule has 35 heavy (non-hydrogen) atoms. The summed E-state index contributed by atoms with van der Waals surface area (Å²) in [7, 11) is 0. The molecule has 0 aromatic carbocycles. The summed E-state index contributed by atoms with van der Waals surface area (Å²) in [5, 5.41) is 4.10. The minimum absolute atomic E-state index is 0.0225. The highest BCUT2D eigenvalue weighted by Crippen LogP contribution is 2.34. The average Bonchev–Trinajstić information content (AvgIpc) is 3.57. The summed E-state index contributed by atoms with van der Waals surface area (Å²) >= 11 is 3.49. The van der Waals surface area contributed by atoms with Crippen molar-refractivity contribution >= 4 is 44.4 Å². The molecule has 3 aromatic heterocycles. The van der Waals surface area contributed by atoms with Crippen LogP contribution in [-0.4, -0.2) is 51.6 Å². The fourth-order valence-corrected chi connectivity index (χ4v) is 5.92. The third kappa shape index (κ3) is 4.21. The van der Waals surface area contributed by atoms with Crippen molar-refractivity contribution in [2.24, 2.45) is 0 Å². The number of anilines is 3. The topological polar surface area (TPSA) is 94.4 Å². The highest BCUT2D eigenvalue weighted by molar-refractivity contribution is 9.10. The standard InChI is InChI=1S/C25H29BrN6O3/c1-16-19-15-28-24(30-22(19)32(23(33)21(16)26)17-4-2-3-5-17)29-20-7-6-18(14-27-20)31-10-8-25(9-11-31)34-12-13-35-25/h6-7,14-15,17H,2-5,8-13H2,1H3,(H,27,28,29,30). The number of rotatable bonds is 4. The van der Waals surface area contributed by atoms with Gasteiger partial charge in [0.2, 0.25) is 5.95 Å². The number of nitrogens with one attached hydrogen (secondary N) is 1. The summed E-state index contributed by atoms with van der Waals surface area (Å²) in [5.41, 5.74) is 2.59. The first-order valence-electron chi connectivity index (χ1n) is 12.4. The minimum Gasteiger partial charge on any atom is -0.370 e. The van der Waals surface area contributed by atoms with Crippen LogP contribution in [0.25, 0.3) is 11.0 Å². The van der Waals surface area contributed by atoms with Gasteiger partial charge in [0.05, 0.1) is 29.6 Å². The van der Waals surface area contributed by atoms with Crippen molar-refractivity contribution < 1.29 is 9.47 Å². The van der Waals surface area contributed by atoms with E-state index in [1.165, 1.54) is 0 Å². The number of pyridine rings is 2. The molecule has 5 heterocycles. The number of aromatic nitrogens is 4. The van der Waals surface area contributed by atoms with Crippen molar-refractivity contribution in [3.8, 4) is 0 Å².